The number of halogens is 1. The lowest BCUT2D eigenvalue weighted by Gasteiger charge is -2.21. The summed E-state index contributed by atoms with van der Waals surface area (Å²) in [6.45, 7) is 1.67. The van der Waals surface area contributed by atoms with E-state index in [1.54, 1.807) is 26.1 Å². The molecule has 0 heterocycles. The Morgan fingerprint density at radius 1 is 1.50 bits per heavy atom. The van der Waals surface area contributed by atoms with Crippen LogP contribution in [0.15, 0.2) is 18.2 Å². The quantitative estimate of drug-likeness (QED) is 0.826. The Bertz CT molecular complexity index is 441. The highest BCUT2D eigenvalue weighted by Crippen LogP contribution is 2.35. The van der Waals surface area contributed by atoms with Crippen LogP contribution >= 0.6 is 0 Å². The number of benzene rings is 1. The summed E-state index contributed by atoms with van der Waals surface area (Å²) in [5.41, 5.74) is 6.36. The summed E-state index contributed by atoms with van der Waals surface area (Å²) < 4.78 is 13.1. The highest BCUT2D eigenvalue weighted by Gasteiger charge is 2.47. The molecule has 1 aliphatic rings. The van der Waals surface area contributed by atoms with Crippen molar-refractivity contribution in [2.45, 2.75) is 25.3 Å². The van der Waals surface area contributed by atoms with Gasteiger partial charge in [0.25, 0.3) is 0 Å². The van der Waals surface area contributed by atoms with Crippen molar-refractivity contribution in [3.8, 4) is 0 Å². The van der Waals surface area contributed by atoms with Gasteiger partial charge >= 0.3 is 0 Å². The molecule has 0 atom stereocenters. The Morgan fingerprint density at radius 2 is 2.12 bits per heavy atom. The first-order valence-electron chi connectivity index (χ1n) is 5.27. The van der Waals surface area contributed by atoms with E-state index in [1.807, 2.05) is 0 Å². The van der Waals surface area contributed by atoms with Gasteiger partial charge in [-0.3, -0.25) is 4.79 Å². The summed E-state index contributed by atoms with van der Waals surface area (Å²) in [7, 11) is 1.67. The first-order chi connectivity index (χ1) is 7.44. The molecule has 0 saturated heterocycles. The molecule has 86 valence electrons. The van der Waals surface area contributed by atoms with Crippen LogP contribution in [0.2, 0.25) is 0 Å². The molecule has 1 aromatic carbocycles. The van der Waals surface area contributed by atoms with Crippen LogP contribution in [0, 0.1) is 12.7 Å². The fourth-order valence-corrected chi connectivity index (χ4v) is 1.64. The number of carbonyl (C=O) groups is 1. The minimum absolute atomic E-state index is 0.0986. The van der Waals surface area contributed by atoms with Crippen LogP contribution in [-0.4, -0.2) is 18.5 Å². The molecule has 0 spiro atoms. The number of aryl methyl sites for hydroxylation is 1. The number of hydrogen-bond donors (Lipinski definition) is 1. The second-order valence-corrected chi connectivity index (χ2v) is 4.45. The zero-order valence-electron chi connectivity index (χ0n) is 9.46. The van der Waals surface area contributed by atoms with Crippen LogP contribution < -0.4 is 10.6 Å². The Balaban J connectivity index is 2.23. The molecule has 1 amide bonds. The number of nitrogens with zero attached hydrogens (tertiary/aromatic N) is 1. The Hall–Kier alpha value is -1.42. The predicted octanol–water partition coefficient (Wildman–Crippen LogP) is 1.59. The molecule has 0 radical (unpaired) electrons. The standard InChI is InChI=1S/C12H15FN2O/c1-8-7-9(3-4-10(8)13)15(2)11(16)12(14)5-6-12/h3-4,7H,5-6,14H2,1-2H3. The van der Waals surface area contributed by atoms with Gasteiger partial charge in [-0.1, -0.05) is 0 Å². The van der Waals surface area contributed by atoms with Crippen LogP contribution in [0.1, 0.15) is 18.4 Å². The minimum Gasteiger partial charge on any atom is -0.317 e. The number of carbonyl (C=O) groups excluding carboxylic acids is 1. The van der Waals surface area contributed by atoms with Gasteiger partial charge in [0.05, 0.1) is 5.54 Å². The third kappa shape index (κ3) is 1.80. The smallest absolute Gasteiger partial charge is 0.246 e. The summed E-state index contributed by atoms with van der Waals surface area (Å²) in [6.07, 6.45) is 1.46. The highest BCUT2D eigenvalue weighted by molar-refractivity contribution is 6.01. The number of likely N-dealkylation sites (N-methyl/N-ethyl adjacent to an activating group) is 1. The molecule has 16 heavy (non-hydrogen) atoms. The molecular formula is C12H15FN2O. The minimum atomic E-state index is -0.683. The normalized spacial score (nSPS) is 17.0. The summed E-state index contributed by atoms with van der Waals surface area (Å²) in [6, 6.07) is 4.61. The fourth-order valence-electron chi connectivity index (χ4n) is 1.64. The molecule has 1 aliphatic carbocycles. The molecule has 0 aliphatic heterocycles. The number of hydrogen-bond acceptors (Lipinski definition) is 2. The summed E-state index contributed by atoms with van der Waals surface area (Å²) in [5, 5.41) is 0. The molecule has 2 N–H and O–H groups in total. The van der Waals surface area contributed by atoms with Crippen molar-refractivity contribution < 1.29 is 9.18 Å². The first-order valence-corrected chi connectivity index (χ1v) is 5.27. The van der Waals surface area contributed by atoms with Gasteiger partial charge in [0, 0.05) is 12.7 Å². The van der Waals surface area contributed by atoms with Crippen LogP contribution in [-0.2, 0) is 4.79 Å². The van der Waals surface area contributed by atoms with E-state index in [0.717, 1.165) is 12.8 Å². The third-order valence-corrected chi connectivity index (χ3v) is 3.05. The molecule has 0 aromatic heterocycles. The van der Waals surface area contributed by atoms with Gasteiger partial charge in [0.15, 0.2) is 0 Å². The summed E-state index contributed by atoms with van der Waals surface area (Å²) in [4.78, 5) is 13.4. The average Bonchev–Trinajstić information content (AvgIpc) is 3.00. The van der Waals surface area contributed by atoms with Gasteiger partial charge in [-0.25, -0.2) is 4.39 Å². The van der Waals surface area contributed by atoms with Crippen molar-refractivity contribution in [1.29, 1.82) is 0 Å². The van der Waals surface area contributed by atoms with Crippen molar-refractivity contribution in [2.24, 2.45) is 5.73 Å². The van der Waals surface area contributed by atoms with Crippen molar-refractivity contribution in [3.05, 3.63) is 29.6 Å². The van der Waals surface area contributed by atoms with Crippen molar-refractivity contribution >= 4 is 11.6 Å². The molecule has 0 bridgehead atoms. The molecule has 4 heteroatoms. The monoisotopic (exact) mass is 222 g/mol. The zero-order valence-corrected chi connectivity index (χ0v) is 9.46. The van der Waals surface area contributed by atoms with E-state index in [9.17, 15) is 9.18 Å². The lowest BCUT2D eigenvalue weighted by Crippen LogP contribution is -2.43. The van der Waals surface area contributed by atoms with Gasteiger partial charge in [0.2, 0.25) is 5.91 Å². The Kier molecular flexibility index (Phi) is 2.46. The van der Waals surface area contributed by atoms with Crippen molar-refractivity contribution in [2.75, 3.05) is 11.9 Å². The van der Waals surface area contributed by atoms with E-state index in [0.29, 0.717) is 11.3 Å². The number of nitrogens with two attached hydrogens (primary N) is 1. The number of rotatable bonds is 2. The van der Waals surface area contributed by atoms with E-state index < -0.39 is 5.54 Å². The maximum Gasteiger partial charge on any atom is 0.246 e. The molecular weight excluding hydrogens is 207 g/mol. The largest absolute Gasteiger partial charge is 0.317 e. The predicted molar refractivity (Wildman–Crippen MR) is 60.7 cm³/mol. The topological polar surface area (TPSA) is 46.3 Å². The van der Waals surface area contributed by atoms with E-state index >= 15 is 0 Å². The Labute approximate surface area is 94.0 Å². The van der Waals surface area contributed by atoms with Gasteiger partial charge in [-0.15, -0.1) is 0 Å². The van der Waals surface area contributed by atoms with Gasteiger partial charge in [-0.2, -0.15) is 0 Å². The third-order valence-electron chi connectivity index (χ3n) is 3.05. The average molecular weight is 222 g/mol. The second kappa shape index (κ2) is 3.56. The first kappa shape index (κ1) is 11.1. The zero-order chi connectivity index (χ0) is 11.9. The van der Waals surface area contributed by atoms with Gasteiger partial charge < -0.3 is 10.6 Å². The molecule has 3 nitrogen and oxygen atoms in total. The summed E-state index contributed by atoms with van der Waals surface area (Å²) in [5.74, 6) is -0.364. The maximum atomic E-state index is 13.1. The van der Waals surface area contributed by atoms with E-state index in [-0.39, 0.29) is 11.7 Å². The Morgan fingerprint density at radius 3 is 2.62 bits per heavy atom. The van der Waals surface area contributed by atoms with Gasteiger partial charge in [-0.05, 0) is 43.5 Å². The SMILES string of the molecule is Cc1cc(N(C)C(=O)C2(N)CC2)ccc1F. The van der Waals surface area contributed by atoms with Crippen LogP contribution in [0.5, 0.6) is 0 Å². The fraction of sp³-hybridized carbons (Fsp3) is 0.417. The lowest BCUT2D eigenvalue weighted by molar-refractivity contribution is -0.120. The lowest BCUT2D eigenvalue weighted by atomic mass is 10.1. The van der Waals surface area contributed by atoms with E-state index in [1.165, 1.54) is 11.0 Å². The number of anilines is 1. The highest BCUT2D eigenvalue weighted by atomic mass is 19.1. The van der Waals surface area contributed by atoms with Crippen LogP contribution in [0.25, 0.3) is 0 Å². The van der Waals surface area contributed by atoms with E-state index in [2.05, 4.69) is 0 Å². The molecule has 2 rings (SSSR count). The van der Waals surface area contributed by atoms with Crippen molar-refractivity contribution in [3.63, 3.8) is 0 Å². The molecule has 1 aromatic rings. The van der Waals surface area contributed by atoms with Gasteiger partial charge in [0.1, 0.15) is 5.82 Å². The second-order valence-electron chi connectivity index (χ2n) is 4.45. The van der Waals surface area contributed by atoms with Crippen LogP contribution in [0.3, 0.4) is 0 Å². The van der Waals surface area contributed by atoms with Crippen molar-refractivity contribution in [1.82, 2.24) is 0 Å². The molecule has 0 unspecified atom stereocenters. The van der Waals surface area contributed by atoms with E-state index in [4.69, 9.17) is 5.73 Å². The maximum absolute atomic E-state index is 13.1. The molecule has 1 saturated carbocycles. The molecule has 1 fully saturated rings. The summed E-state index contributed by atoms with van der Waals surface area (Å²) >= 11 is 0. The number of amides is 1. The van der Waals surface area contributed by atoms with Crippen LogP contribution in [0.4, 0.5) is 10.1 Å².